The summed E-state index contributed by atoms with van der Waals surface area (Å²) in [5.41, 5.74) is 2.41. The number of hydrogen-bond acceptors (Lipinski definition) is 3. The lowest BCUT2D eigenvalue weighted by molar-refractivity contribution is 0.409. The first-order chi connectivity index (χ1) is 12.7. The van der Waals surface area contributed by atoms with Crippen molar-refractivity contribution in [3.63, 3.8) is 0 Å². The van der Waals surface area contributed by atoms with E-state index in [2.05, 4.69) is 59.8 Å². The van der Waals surface area contributed by atoms with Crippen LogP contribution in [0, 0.1) is 10.8 Å². The fourth-order valence-electron chi connectivity index (χ4n) is 3.00. The molecule has 0 bridgehead atoms. The highest BCUT2D eigenvalue weighted by molar-refractivity contribution is 7.85. The largest absolute Gasteiger partial charge is 0.457 e. The maximum Gasteiger partial charge on any atom is 0.294 e. The fourth-order valence-corrected chi connectivity index (χ4v) is 3.48. The Hall–Kier alpha value is -1.85. The van der Waals surface area contributed by atoms with Crippen molar-refractivity contribution in [2.75, 3.05) is 0 Å². The van der Waals surface area contributed by atoms with Crippen molar-refractivity contribution >= 4 is 10.1 Å². The van der Waals surface area contributed by atoms with E-state index >= 15 is 0 Å². The third-order valence-corrected chi connectivity index (χ3v) is 5.08. The molecule has 28 heavy (non-hydrogen) atoms. The Morgan fingerprint density at radius 2 is 1.57 bits per heavy atom. The van der Waals surface area contributed by atoms with E-state index in [0.717, 1.165) is 30.6 Å². The SMILES string of the molecule is CC(C)(C)/C=C/C1=C(Oc2ccc(S(=O)(=O)O)cc2)C(=C/C(C)(C)C)/CCC1. The van der Waals surface area contributed by atoms with E-state index < -0.39 is 10.1 Å². The van der Waals surface area contributed by atoms with Gasteiger partial charge in [-0.1, -0.05) is 59.8 Å². The fraction of sp³-hybridized carbons (Fsp3) is 0.478. The van der Waals surface area contributed by atoms with Crippen LogP contribution in [-0.2, 0) is 10.1 Å². The van der Waals surface area contributed by atoms with Crippen LogP contribution in [0.4, 0.5) is 0 Å². The topological polar surface area (TPSA) is 63.6 Å². The summed E-state index contributed by atoms with van der Waals surface area (Å²) in [6, 6.07) is 5.85. The summed E-state index contributed by atoms with van der Waals surface area (Å²) in [5.74, 6) is 1.40. The summed E-state index contributed by atoms with van der Waals surface area (Å²) in [6.07, 6.45) is 9.54. The van der Waals surface area contributed by atoms with Gasteiger partial charge in [-0.3, -0.25) is 4.55 Å². The molecule has 1 aromatic carbocycles. The zero-order valence-electron chi connectivity index (χ0n) is 17.7. The van der Waals surface area contributed by atoms with Gasteiger partial charge in [-0.25, -0.2) is 0 Å². The van der Waals surface area contributed by atoms with E-state index in [9.17, 15) is 8.42 Å². The summed E-state index contributed by atoms with van der Waals surface area (Å²) in [6.45, 7) is 13.0. The predicted molar refractivity (Wildman–Crippen MR) is 114 cm³/mol. The summed E-state index contributed by atoms with van der Waals surface area (Å²) < 4.78 is 37.9. The van der Waals surface area contributed by atoms with Crippen molar-refractivity contribution in [1.29, 1.82) is 0 Å². The number of ether oxygens (including phenoxy) is 1. The van der Waals surface area contributed by atoms with Crippen molar-refractivity contribution in [1.82, 2.24) is 0 Å². The van der Waals surface area contributed by atoms with Crippen LogP contribution >= 0.6 is 0 Å². The molecule has 154 valence electrons. The molecule has 0 saturated heterocycles. The molecule has 0 heterocycles. The van der Waals surface area contributed by atoms with Crippen LogP contribution in [0.15, 0.2) is 64.3 Å². The number of hydrogen-bond donors (Lipinski definition) is 1. The number of benzene rings is 1. The zero-order valence-corrected chi connectivity index (χ0v) is 18.6. The molecule has 0 radical (unpaired) electrons. The van der Waals surface area contributed by atoms with Crippen molar-refractivity contribution in [2.45, 2.75) is 65.7 Å². The Kier molecular flexibility index (Phi) is 6.62. The van der Waals surface area contributed by atoms with E-state index in [1.807, 2.05) is 0 Å². The molecule has 0 fully saturated rings. The van der Waals surface area contributed by atoms with Gasteiger partial charge in [0.05, 0.1) is 4.90 Å². The second-order valence-corrected chi connectivity index (χ2v) is 10.9. The Morgan fingerprint density at radius 1 is 0.964 bits per heavy atom. The third kappa shape index (κ3) is 6.95. The second kappa shape index (κ2) is 8.26. The molecule has 4 nitrogen and oxygen atoms in total. The molecular weight excluding hydrogens is 372 g/mol. The van der Waals surface area contributed by atoms with Gasteiger partial charge < -0.3 is 4.74 Å². The Labute approximate surface area is 169 Å². The second-order valence-electron chi connectivity index (χ2n) is 9.49. The van der Waals surface area contributed by atoms with Gasteiger partial charge in [-0.15, -0.1) is 0 Å². The summed E-state index contributed by atoms with van der Waals surface area (Å²) in [5, 5.41) is 0. The molecule has 1 aromatic rings. The maximum atomic E-state index is 11.3. The molecule has 1 aliphatic rings. The minimum absolute atomic E-state index is 0.0228. The normalized spacial score (nSPS) is 18.2. The van der Waals surface area contributed by atoms with Crippen molar-refractivity contribution in [2.24, 2.45) is 10.8 Å². The number of rotatable bonds is 4. The zero-order chi connectivity index (χ0) is 21.2. The molecule has 0 atom stereocenters. The average molecular weight is 405 g/mol. The lowest BCUT2D eigenvalue weighted by Crippen LogP contribution is -2.12. The first-order valence-corrected chi connectivity index (χ1v) is 11.1. The van der Waals surface area contributed by atoms with Crippen LogP contribution in [0.2, 0.25) is 0 Å². The molecule has 1 N–H and O–H groups in total. The van der Waals surface area contributed by atoms with Gasteiger partial charge in [0, 0.05) is 0 Å². The standard InChI is InChI=1S/C23H32O4S/c1-22(2,3)15-14-17-8-7-9-18(16-23(4,5)6)21(17)27-19-10-12-20(13-11-19)28(24,25)26/h10-16H,7-9H2,1-6H3,(H,24,25,26)/b15-14+,18-16+. The molecule has 5 heteroatoms. The molecule has 2 rings (SSSR count). The third-order valence-electron chi connectivity index (χ3n) is 4.21. The van der Waals surface area contributed by atoms with E-state index in [0.29, 0.717) is 5.75 Å². The van der Waals surface area contributed by atoms with Crippen LogP contribution < -0.4 is 4.74 Å². The van der Waals surface area contributed by atoms with E-state index in [-0.39, 0.29) is 15.7 Å². The summed E-state index contributed by atoms with van der Waals surface area (Å²) in [7, 11) is -4.21. The minimum Gasteiger partial charge on any atom is -0.457 e. The van der Waals surface area contributed by atoms with Gasteiger partial charge in [0.15, 0.2) is 0 Å². The quantitative estimate of drug-likeness (QED) is 0.596. The lowest BCUT2D eigenvalue weighted by atomic mass is 9.85. The molecule has 0 spiro atoms. The molecule has 0 aliphatic heterocycles. The van der Waals surface area contributed by atoms with Crippen LogP contribution in [0.1, 0.15) is 60.8 Å². The molecule has 0 saturated carbocycles. The van der Waals surface area contributed by atoms with Crippen molar-refractivity contribution in [3.05, 3.63) is 59.4 Å². The smallest absolute Gasteiger partial charge is 0.294 e. The molecule has 1 aliphatic carbocycles. The van der Waals surface area contributed by atoms with Crippen LogP contribution in [0.5, 0.6) is 5.75 Å². The summed E-state index contributed by atoms with van der Waals surface area (Å²) >= 11 is 0. The van der Waals surface area contributed by atoms with Crippen LogP contribution in [0.25, 0.3) is 0 Å². The van der Waals surface area contributed by atoms with Gasteiger partial charge in [-0.2, -0.15) is 8.42 Å². The van der Waals surface area contributed by atoms with Crippen LogP contribution in [-0.4, -0.2) is 13.0 Å². The average Bonchev–Trinajstić information content (AvgIpc) is 2.52. The highest BCUT2D eigenvalue weighted by Crippen LogP contribution is 2.36. The van der Waals surface area contributed by atoms with Gasteiger partial charge in [0.2, 0.25) is 0 Å². The Bertz CT molecular complexity index is 887. The highest BCUT2D eigenvalue weighted by atomic mass is 32.2. The lowest BCUT2D eigenvalue weighted by Gasteiger charge is -2.25. The van der Waals surface area contributed by atoms with E-state index in [1.165, 1.54) is 17.7 Å². The predicted octanol–water partition coefficient (Wildman–Crippen LogP) is 6.32. The first kappa shape index (κ1) is 22.4. The van der Waals surface area contributed by atoms with Crippen molar-refractivity contribution in [3.8, 4) is 5.75 Å². The van der Waals surface area contributed by atoms with Gasteiger partial charge in [-0.05, 0) is 65.5 Å². The minimum atomic E-state index is -4.21. The monoisotopic (exact) mass is 404 g/mol. The first-order valence-electron chi connectivity index (χ1n) is 9.64. The Morgan fingerprint density at radius 3 is 2.07 bits per heavy atom. The molecular formula is C23H32O4S. The summed E-state index contributed by atoms with van der Waals surface area (Å²) in [4.78, 5) is -0.143. The maximum absolute atomic E-state index is 11.3. The Balaban J connectivity index is 2.47. The van der Waals surface area contributed by atoms with Gasteiger partial charge in [0.1, 0.15) is 11.5 Å². The van der Waals surface area contributed by atoms with E-state index in [1.54, 1.807) is 12.1 Å². The molecule has 0 unspecified atom stereocenters. The molecule has 0 amide bonds. The van der Waals surface area contributed by atoms with Crippen LogP contribution in [0.3, 0.4) is 0 Å². The number of allylic oxidation sites excluding steroid dienone is 5. The molecule has 0 aromatic heterocycles. The van der Waals surface area contributed by atoms with Gasteiger partial charge in [0.25, 0.3) is 10.1 Å². The highest BCUT2D eigenvalue weighted by Gasteiger charge is 2.22. The van der Waals surface area contributed by atoms with E-state index in [4.69, 9.17) is 9.29 Å². The van der Waals surface area contributed by atoms with Crippen molar-refractivity contribution < 1.29 is 17.7 Å². The van der Waals surface area contributed by atoms with Gasteiger partial charge >= 0.3 is 0 Å².